The van der Waals surface area contributed by atoms with E-state index in [-0.39, 0.29) is 0 Å². The summed E-state index contributed by atoms with van der Waals surface area (Å²) in [5.41, 5.74) is 0. The van der Waals surface area contributed by atoms with Gasteiger partial charge in [0, 0.05) is 45.1 Å². The Labute approximate surface area is 133 Å². The van der Waals surface area contributed by atoms with Crippen molar-refractivity contribution >= 4 is 5.82 Å². The first-order valence-electron chi connectivity index (χ1n) is 8.84. The van der Waals surface area contributed by atoms with Gasteiger partial charge < -0.3 is 14.7 Å². The van der Waals surface area contributed by atoms with Crippen LogP contribution in [0.3, 0.4) is 0 Å². The number of piperidine rings is 1. The maximum Gasteiger partial charge on any atom is 0.147 e. The van der Waals surface area contributed by atoms with Crippen LogP contribution in [0.5, 0.6) is 0 Å². The second kappa shape index (κ2) is 6.50. The Morgan fingerprint density at radius 2 is 1.73 bits per heavy atom. The molecule has 120 valence electrons. The summed E-state index contributed by atoms with van der Waals surface area (Å²) < 4.78 is 0. The molecule has 0 N–H and O–H groups in total. The number of hydrogen-bond acceptors (Lipinski definition) is 5. The number of nitrogens with zero attached hydrogens (tertiary/aromatic N) is 5. The normalized spacial score (nSPS) is 29.9. The first-order chi connectivity index (χ1) is 10.9. The van der Waals surface area contributed by atoms with E-state index in [1.165, 1.54) is 65.1 Å². The van der Waals surface area contributed by atoms with Gasteiger partial charge in [0.1, 0.15) is 5.82 Å². The van der Waals surface area contributed by atoms with Crippen molar-refractivity contribution in [2.75, 3.05) is 57.3 Å². The van der Waals surface area contributed by atoms with Crippen molar-refractivity contribution in [3.05, 3.63) is 18.6 Å². The van der Waals surface area contributed by atoms with E-state index < -0.39 is 0 Å². The lowest BCUT2D eigenvalue weighted by molar-refractivity contribution is 0.135. The monoisotopic (exact) mass is 301 g/mol. The van der Waals surface area contributed by atoms with E-state index in [0.717, 1.165) is 24.2 Å². The lowest BCUT2D eigenvalue weighted by atomic mass is 9.89. The van der Waals surface area contributed by atoms with E-state index in [2.05, 4.69) is 24.7 Å². The Morgan fingerprint density at radius 3 is 2.55 bits per heavy atom. The minimum atomic E-state index is 0.814. The number of hydrogen-bond donors (Lipinski definition) is 0. The summed E-state index contributed by atoms with van der Waals surface area (Å²) in [4.78, 5) is 16.4. The van der Waals surface area contributed by atoms with Gasteiger partial charge in [0.15, 0.2) is 0 Å². The summed E-state index contributed by atoms with van der Waals surface area (Å²) in [5, 5.41) is 0. The third-order valence-electron chi connectivity index (χ3n) is 5.69. The minimum Gasteiger partial charge on any atom is -0.355 e. The minimum absolute atomic E-state index is 0.814. The highest BCUT2D eigenvalue weighted by atomic mass is 15.3. The fraction of sp³-hybridized carbons (Fsp3) is 0.765. The van der Waals surface area contributed by atoms with Crippen molar-refractivity contribution in [2.24, 2.45) is 11.8 Å². The van der Waals surface area contributed by atoms with Gasteiger partial charge in [-0.2, -0.15) is 0 Å². The standard InChI is InChI=1S/C17H27N5/c1-2-7-20(6-1)9-10-21-8-3-15-13-22(14-16(15)12-21)17-11-18-4-5-19-17/h4-5,11,15-16H,1-3,6-10,12-14H2/t15-,16+/m1/s1. The molecule has 0 bridgehead atoms. The topological polar surface area (TPSA) is 35.5 Å². The third kappa shape index (κ3) is 3.10. The molecule has 3 aliphatic heterocycles. The number of likely N-dealkylation sites (tertiary alicyclic amines) is 2. The van der Waals surface area contributed by atoms with Crippen molar-refractivity contribution in [1.29, 1.82) is 0 Å². The van der Waals surface area contributed by atoms with Crippen molar-refractivity contribution in [1.82, 2.24) is 19.8 Å². The van der Waals surface area contributed by atoms with Gasteiger partial charge >= 0.3 is 0 Å². The quantitative estimate of drug-likeness (QED) is 0.838. The molecule has 0 aliphatic carbocycles. The molecule has 5 heteroatoms. The first kappa shape index (κ1) is 14.4. The zero-order valence-corrected chi connectivity index (χ0v) is 13.4. The van der Waals surface area contributed by atoms with E-state index in [0.29, 0.717) is 0 Å². The molecule has 2 atom stereocenters. The fourth-order valence-electron chi connectivity index (χ4n) is 4.38. The van der Waals surface area contributed by atoms with Gasteiger partial charge in [-0.25, -0.2) is 4.98 Å². The molecule has 0 spiro atoms. The van der Waals surface area contributed by atoms with Crippen molar-refractivity contribution in [2.45, 2.75) is 19.3 Å². The SMILES string of the molecule is c1cnc(N2C[C@H]3CCN(CCN4CCCC4)C[C@H]3C2)cn1. The van der Waals surface area contributed by atoms with Gasteiger partial charge in [0.05, 0.1) is 6.20 Å². The lowest BCUT2D eigenvalue weighted by Gasteiger charge is -2.35. The van der Waals surface area contributed by atoms with Gasteiger partial charge in [-0.05, 0) is 50.7 Å². The predicted molar refractivity (Wildman–Crippen MR) is 88.0 cm³/mol. The molecule has 4 heterocycles. The molecule has 1 aromatic rings. The fourth-order valence-corrected chi connectivity index (χ4v) is 4.38. The van der Waals surface area contributed by atoms with Gasteiger partial charge in [0.2, 0.25) is 0 Å². The van der Waals surface area contributed by atoms with Crippen LogP contribution < -0.4 is 4.90 Å². The van der Waals surface area contributed by atoms with Crippen LogP contribution in [0.25, 0.3) is 0 Å². The van der Waals surface area contributed by atoms with Crippen LogP contribution in [0.4, 0.5) is 5.82 Å². The number of aromatic nitrogens is 2. The summed E-state index contributed by atoms with van der Waals surface area (Å²) in [5.74, 6) is 2.72. The lowest BCUT2D eigenvalue weighted by Crippen LogP contribution is -2.43. The van der Waals surface area contributed by atoms with E-state index >= 15 is 0 Å². The molecule has 3 saturated heterocycles. The molecule has 0 saturated carbocycles. The molecule has 4 rings (SSSR count). The first-order valence-corrected chi connectivity index (χ1v) is 8.84. The second-order valence-electron chi connectivity index (χ2n) is 7.13. The zero-order chi connectivity index (χ0) is 14.8. The number of fused-ring (bicyclic) bond motifs is 1. The summed E-state index contributed by atoms with van der Waals surface area (Å²) >= 11 is 0. The third-order valence-corrected chi connectivity index (χ3v) is 5.69. The van der Waals surface area contributed by atoms with Crippen molar-refractivity contribution in [3.8, 4) is 0 Å². The van der Waals surface area contributed by atoms with Crippen LogP contribution >= 0.6 is 0 Å². The summed E-state index contributed by atoms with van der Waals surface area (Å²) in [7, 11) is 0. The van der Waals surface area contributed by atoms with Crippen LogP contribution in [0.15, 0.2) is 18.6 Å². The molecule has 3 aliphatic rings. The summed E-state index contributed by atoms with van der Waals surface area (Å²) in [6.07, 6.45) is 9.62. The number of anilines is 1. The molecule has 22 heavy (non-hydrogen) atoms. The van der Waals surface area contributed by atoms with Crippen molar-refractivity contribution in [3.63, 3.8) is 0 Å². The summed E-state index contributed by atoms with van der Waals surface area (Å²) in [6, 6.07) is 0. The van der Waals surface area contributed by atoms with Crippen LogP contribution in [0.2, 0.25) is 0 Å². The Hall–Kier alpha value is -1.20. The molecule has 0 aromatic carbocycles. The van der Waals surface area contributed by atoms with Crippen LogP contribution in [-0.2, 0) is 0 Å². The highest BCUT2D eigenvalue weighted by Crippen LogP contribution is 2.32. The van der Waals surface area contributed by atoms with Gasteiger partial charge in [-0.3, -0.25) is 4.98 Å². The molecular weight excluding hydrogens is 274 g/mol. The smallest absolute Gasteiger partial charge is 0.147 e. The Kier molecular flexibility index (Phi) is 4.26. The largest absolute Gasteiger partial charge is 0.355 e. The average Bonchev–Trinajstić information content (AvgIpc) is 3.22. The van der Waals surface area contributed by atoms with E-state index in [1.54, 1.807) is 12.4 Å². The van der Waals surface area contributed by atoms with E-state index in [9.17, 15) is 0 Å². The van der Waals surface area contributed by atoms with Gasteiger partial charge in [-0.15, -0.1) is 0 Å². The van der Waals surface area contributed by atoms with Crippen LogP contribution in [-0.4, -0.2) is 72.1 Å². The molecule has 1 aromatic heterocycles. The van der Waals surface area contributed by atoms with Gasteiger partial charge in [-0.1, -0.05) is 0 Å². The molecule has 0 radical (unpaired) electrons. The predicted octanol–water partition coefficient (Wildman–Crippen LogP) is 1.33. The second-order valence-corrected chi connectivity index (χ2v) is 7.13. The zero-order valence-electron chi connectivity index (χ0n) is 13.4. The average molecular weight is 301 g/mol. The summed E-state index contributed by atoms with van der Waals surface area (Å²) in [6.45, 7) is 10.0. The Morgan fingerprint density at radius 1 is 0.909 bits per heavy atom. The van der Waals surface area contributed by atoms with Crippen LogP contribution in [0, 0.1) is 11.8 Å². The van der Waals surface area contributed by atoms with Crippen molar-refractivity contribution < 1.29 is 0 Å². The van der Waals surface area contributed by atoms with E-state index in [1.807, 2.05) is 6.20 Å². The van der Waals surface area contributed by atoms with Crippen LogP contribution in [0.1, 0.15) is 19.3 Å². The maximum absolute atomic E-state index is 4.47. The Balaban J connectivity index is 1.30. The van der Waals surface area contributed by atoms with E-state index in [4.69, 9.17) is 0 Å². The van der Waals surface area contributed by atoms with Gasteiger partial charge in [0.25, 0.3) is 0 Å². The molecular formula is C17H27N5. The highest BCUT2D eigenvalue weighted by Gasteiger charge is 2.37. The molecule has 0 amide bonds. The highest BCUT2D eigenvalue weighted by molar-refractivity contribution is 5.37. The number of rotatable bonds is 4. The molecule has 3 fully saturated rings. The molecule has 0 unspecified atom stereocenters. The maximum atomic E-state index is 4.47. The Bertz CT molecular complexity index is 473. The molecule has 5 nitrogen and oxygen atoms in total.